The molecule has 0 aliphatic rings. The minimum Gasteiger partial charge on any atom is -0.345 e. The molecule has 2 rings (SSSR count). The van der Waals surface area contributed by atoms with E-state index >= 15 is 0 Å². The summed E-state index contributed by atoms with van der Waals surface area (Å²) in [5.41, 5.74) is 1.50. The molecule has 0 aliphatic carbocycles. The van der Waals surface area contributed by atoms with Gasteiger partial charge in [-0.05, 0) is 48.0 Å². The number of carbonyl (C=O) groups is 1. The molecule has 2 heterocycles. The number of hydrogen-bond acceptors (Lipinski definition) is 2. The number of hydrogen-bond donors (Lipinski definition) is 1. The average Bonchev–Trinajstić information content (AvgIpc) is 2.79. The SMILES string of the molecule is CC(C)n1cc(Br)cc1C(=O)NCc1ccccn1. The summed E-state index contributed by atoms with van der Waals surface area (Å²) in [6, 6.07) is 7.71. The Bertz CT molecular complexity index is 563. The highest BCUT2D eigenvalue weighted by molar-refractivity contribution is 9.10. The van der Waals surface area contributed by atoms with Crippen LogP contribution in [0.2, 0.25) is 0 Å². The maximum Gasteiger partial charge on any atom is 0.268 e. The fourth-order valence-electron chi connectivity index (χ4n) is 1.82. The molecule has 0 bridgehead atoms. The highest BCUT2D eigenvalue weighted by Gasteiger charge is 2.14. The highest BCUT2D eigenvalue weighted by Crippen LogP contribution is 2.19. The predicted octanol–water partition coefficient (Wildman–Crippen LogP) is 3.16. The van der Waals surface area contributed by atoms with Crippen LogP contribution in [0.5, 0.6) is 0 Å². The quantitative estimate of drug-likeness (QED) is 0.940. The van der Waals surface area contributed by atoms with E-state index in [-0.39, 0.29) is 11.9 Å². The van der Waals surface area contributed by atoms with Gasteiger partial charge in [0.1, 0.15) is 5.69 Å². The lowest BCUT2D eigenvalue weighted by molar-refractivity contribution is 0.0939. The van der Waals surface area contributed by atoms with Crippen LogP contribution in [-0.4, -0.2) is 15.5 Å². The van der Waals surface area contributed by atoms with Crippen molar-refractivity contribution in [2.45, 2.75) is 26.4 Å². The minimum absolute atomic E-state index is 0.0925. The van der Waals surface area contributed by atoms with E-state index in [2.05, 4.69) is 26.2 Å². The standard InChI is InChI=1S/C14H16BrN3O/c1-10(2)18-9-11(15)7-13(18)14(19)17-8-12-5-3-4-6-16-12/h3-7,9-10H,8H2,1-2H3,(H,17,19). The van der Waals surface area contributed by atoms with Crippen LogP contribution in [0.4, 0.5) is 0 Å². The normalized spacial score (nSPS) is 10.7. The Morgan fingerprint density at radius 3 is 2.89 bits per heavy atom. The van der Waals surface area contributed by atoms with Crippen molar-refractivity contribution in [2.24, 2.45) is 0 Å². The zero-order chi connectivity index (χ0) is 13.8. The Kier molecular flexibility index (Phi) is 4.37. The van der Waals surface area contributed by atoms with Gasteiger partial charge in [-0.1, -0.05) is 6.07 Å². The number of pyridine rings is 1. The maximum atomic E-state index is 12.2. The minimum atomic E-state index is -0.0925. The summed E-state index contributed by atoms with van der Waals surface area (Å²) >= 11 is 3.40. The third kappa shape index (κ3) is 3.44. The lowest BCUT2D eigenvalue weighted by Crippen LogP contribution is -2.26. The summed E-state index contributed by atoms with van der Waals surface area (Å²) in [6.45, 7) is 4.52. The van der Waals surface area contributed by atoms with Crippen molar-refractivity contribution in [1.82, 2.24) is 14.9 Å². The number of nitrogens with one attached hydrogen (secondary N) is 1. The Balaban J connectivity index is 2.08. The summed E-state index contributed by atoms with van der Waals surface area (Å²) in [5.74, 6) is -0.0925. The van der Waals surface area contributed by atoms with Gasteiger partial charge >= 0.3 is 0 Å². The smallest absolute Gasteiger partial charge is 0.268 e. The maximum absolute atomic E-state index is 12.2. The van der Waals surface area contributed by atoms with Crippen LogP contribution in [0.15, 0.2) is 41.1 Å². The zero-order valence-electron chi connectivity index (χ0n) is 10.9. The molecule has 100 valence electrons. The summed E-state index contributed by atoms with van der Waals surface area (Å²) in [7, 11) is 0. The molecule has 0 fully saturated rings. The van der Waals surface area contributed by atoms with E-state index in [0.29, 0.717) is 12.2 Å². The first-order valence-electron chi connectivity index (χ1n) is 6.13. The summed E-state index contributed by atoms with van der Waals surface area (Å²) in [4.78, 5) is 16.4. The number of nitrogens with zero attached hydrogens (tertiary/aromatic N) is 2. The van der Waals surface area contributed by atoms with Crippen LogP contribution in [0.25, 0.3) is 0 Å². The third-order valence-corrected chi connectivity index (χ3v) is 3.19. The molecule has 0 radical (unpaired) electrons. The molecule has 0 aromatic carbocycles. The van der Waals surface area contributed by atoms with E-state index in [9.17, 15) is 4.79 Å². The molecule has 19 heavy (non-hydrogen) atoms. The molecule has 2 aromatic rings. The Morgan fingerprint density at radius 1 is 1.47 bits per heavy atom. The van der Waals surface area contributed by atoms with Gasteiger partial charge in [0.15, 0.2) is 0 Å². The first-order valence-corrected chi connectivity index (χ1v) is 6.92. The third-order valence-electron chi connectivity index (χ3n) is 2.76. The van der Waals surface area contributed by atoms with Crippen LogP contribution < -0.4 is 5.32 Å². The molecule has 0 saturated heterocycles. The van der Waals surface area contributed by atoms with Crippen LogP contribution in [-0.2, 0) is 6.54 Å². The lowest BCUT2D eigenvalue weighted by atomic mass is 10.3. The molecule has 1 amide bonds. The van der Waals surface area contributed by atoms with Gasteiger partial charge in [0.2, 0.25) is 0 Å². The van der Waals surface area contributed by atoms with E-state index in [1.54, 1.807) is 6.20 Å². The van der Waals surface area contributed by atoms with E-state index in [1.807, 2.05) is 48.9 Å². The zero-order valence-corrected chi connectivity index (χ0v) is 12.5. The Morgan fingerprint density at radius 2 is 2.26 bits per heavy atom. The van der Waals surface area contributed by atoms with E-state index in [4.69, 9.17) is 0 Å². The number of amides is 1. The monoisotopic (exact) mass is 321 g/mol. The molecular weight excluding hydrogens is 306 g/mol. The van der Waals surface area contributed by atoms with Crippen molar-refractivity contribution in [3.8, 4) is 0 Å². The van der Waals surface area contributed by atoms with Crippen molar-refractivity contribution >= 4 is 21.8 Å². The molecular formula is C14H16BrN3O. The predicted molar refractivity (Wildman–Crippen MR) is 77.9 cm³/mol. The second-order valence-corrected chi connectivity index (χ2v) is 5.46. The molecule has 0 aliphatic heterocycles. The van der Waals surface area contributed by atoms with Crippen LogP contribution in [0.3, 0.4) is 0 Å². The van der Waals surface area contributed by atoms with Gasteiger partial charge in [0.25, 0.3) is 5.91 Å². The van der Waals surface area contributed by atoms with Crippen molar-refractivity contribution in [3.63, 3.8) is 0 Å². The van der Waals surface area contributed by atoms with Gasteiger partial charge in [-0.25, -0.2) is 0 Å². The van der Waals surface area contributed by atoms with Crippen LogP contribution >= 0.6 is 15.9 Å². The van der Waals surface area contributed by atoms with Crippen LogP contribution in [0, 0.1) is 0 Å². The van der Waals surface area contributed by atoms with Gasteiger partial charge in [-0.15, -0.1) is 0 Å². The van der Waals surface area contributed by atoms with Crippen LogP contribution in [0.1, 0.15) is 36.1 Å². The average molecular weight is 322 g/mol. The molecule has 0 saturated carbocycles. The van der Waals surface area contributed by atoms with E-state index in [1.165, 1.54) is 0 Å². The number of halogens is 1. The summed E-state index contributed by atoms with van der Waals surface area (Å²) < 4.78 is 2.85. The molecule has 1 N–H and O–H groups in total. The first kappa shape index (κ1) is 13.8. The molecule has 0 atom stereocenters. The Hall–Kier alpha value is -1.62. The summed E-state index contributed by atoms with van der Waals surface area (Å²) in [6.07, 6.45) is 3.63. The number of aromatic nitrogens is 2. The van der Waals surface area contributed by atoms with Crippen molar-refractivity contribution < 1.29 is 4.79 Å². The van der Waals surface area contributed by atoms with Crippen molar-refractivity contribution in [3.05, 3.63) is 52.5 Å². The second-order valence-electron chi connectivity index (χ2n) is 4.55. The second kappa shape index (κ2) is 6.02. The molecule has 0 spiro atoms. The van der Waals surface area contributed by atoms with Crippen molar-refractivity contribution in [2.75, 3.05) is 0 Å². The highest BCUT2D eigenvalue weighted by atomic mass is 79.9. The molecule has 0 unspecified atom stereocenters. The van der Waals surface area contributed by atoms with E-state index in [0.717, 1.165) is 10.2 Å². The summed E-state index contributed by atoms with van der Waals surface area (Å²) in [5, 5.41) is 2.88. The largest absolute Gasteiger partial charge is 0.345 e. The first-order chi connectivity index (χ1) is 9.08. The van der Waals surface area contributed by atoms with Gasteiger partial charge in [0.05, 0.1) is 12.2 Å². The topological polar surface area (TPSA) is 46.9 Å². The fraction of sp³-hybridized carbons (Fsp3) is 0.286. The van der Waals surface area contributed by atoms with Gasteiger partial charge < -0.3 is 9.88 Å². The van der Waals surface area contributed by atoms with Gasteiger partial charge in [-0.3, -0.25) is 9.78 Å². The number of rotatable bonds is 4. The molecule has 5 heteroatoms. The van der Waals surface area contributed by atoms with Gasteiger partial charge in [-0.2, -0.15) is 0 Å². The van der Waals surface area contributed by atoms with E-state index < -0.39 is 0 Å². The number of carbonyl (C=O) groups excluding carboxylic acids is 1. The van der Waals surface area contributed by atoms with Crippen molar-refractivity contribution in [1.29, 1.82) is 0 Å². The lowest BCUT2D eigenvalue weighted by Gasteiger charge is -2.12. The molecule has 2 aromatic heterocycles. The molecule has 4 nitrogen and oxygen atoms in total. The Labute approximate surface area is 121 Å². The fourth-order valence-corrected chi connectivity index (χ4v) is 2.26. The van der Waals surface area contributed by atoms with Gasteiger partial charge in [0, 0.05) is 22.9 Å².